The molecule has 0 aliphatic carbocycles. The van der Waals surface area contributed by atoms with E-state index >= 15 is 0 Å². The van der Waals surface area contributed by atoms with Crippen LogP contribution in [-0.2, 0) is 4.74 Å². The summed E-state index contributed by atoms with van der Waals surface area (Å²) in [5.74, 6) is -0.327. The predicted molar refractivity (Wildman–Crippen MR) is 70.6 cm³/mol. The summed E-state index contributed by atoms with van der Waals surface area (Å²) in [5, 5.41) is 10.6. The van der Waals surface area contributed by atoms with Crippen molar-refractivity contribution >= 4 is 15.9 Å². The number of hydrogen-bond acceptors (Lipinski definition) is 3. The van der Waals surface area contributed by atoms with Gasteiger partial charge in [0.15, 0.2) is 0 Å². The van der Waals surface area contributed by atoms with E-state index in [1.54, 1.807) is 6.07 Å². The third-order valence-electron chi connectivity index (χ3n) is 3.73. The topological polar surface area (TPSA) is 55.5 Å². The second-order valence-corrected chi connectivity index (χ2v) is 5.60. The van der Waals surface area contributed by atoms with Crippen LogP contribution in [0.2, 0.25) is 0 Å². The van der Waals surface area contributed by atoms with Crippen molar-refractivity contribution in [2.45, 2.75) is 18.9 Å². The van der Waals surface area contributed by atoms with Gasteiger partial charge in [0.1, 0.15) is 5.82 Å². The molecule has 1 heterocycles. The summed E-state index contributed by atoms with van der Waals surface area (Å²) in [4.78, 5) is 0. The zero-order chi connectivity index (χ0) is 13.2. The molecular weight excluding hydrogens is 301 g/mol. The summed E-state index contributed by atoms with van der Waals surface area (Å²) in [7, 11) is 0. The summed E-state index contributed by atoms with van der Waals surface area (Å²) >= 11 is 3.30. The molecule has 1 fully saturated rings. The lowest BCUT2D eigenvalue weighted by atomic mass is 9.73. The quantitative estimate of drug-likeness (QED) is 0.900. The van der Waals surface area contributed by atoms with E-state index in [9.17, 15) is 9.50 Å². The fraction of sp³-hybridized carbons (Fsp3) is 0.538. The number of hydrogen-bond donors (Lipinski definition) is 2. The lowest BCUT2D eigenvalue weighted by Crippen LogP contribution is -2.41. The zero-order valence-corrected chi connectivity index (χ0v) is 11.6. The van der Waals surface area contributed by atoms with Gasteiger partial charge in [-0.15, -0.1) is 0 Å². The summed E-state index contributed by atoms with van der Waals surface area (Å²) < 4.78 is 19.0. The van der Waals surface area contributed by atoms with E-state index in [4.69, 9.17) is 10.5 Å². The lowest BCUT2D eigenvalue weighted by molar-refractivity contribution is -0.0584. The third-order valence-corrected chi connectivity index (χ3v) is 4.42. The zero-order valence-electron chi connectivity index (χ0n) is 10.0. The SMILES string of the molecule is NCC1(C(O)c2ccc(F)cc2Br)CCOCC1. The normalized spacial score (nSPS) is 20.7. The number of aliphatic hydroxyl groups excluding tert-OH is 1. The van der Waals surface area contributed by atoms with E-state index in [0.29, 0.717) is 42.6 Å². The molecule has 5 heteroatoms. The van der Waals surface area contributed by atoms with Crippen LogP contribution in [0.15, 0.2) is 22.7 Å². The molecule has 1 aromatic rings. The van der Waals surface area contributed by atoms with Crippen molar-refractivity contribution in [2.24, 2.45) is 11.1 Å². The van der Waals surface area contributed by atoms with Gasteiger partial charge in [-0.25, -0.2) is 4.39 Å². The minimum Gasteiger partial charge on any atom is -0.388 e. The van der Waals surface area contributed by atoms with Crippen molar-refractivity contribution in [1.82, 2.24) is 0 Å². The molecule has 0 amide bonds. The molecule has 1 aliphatic heterocycles. The van der Waals surface area contributed by atoms with Gasteiger partial charge in [0.2, 0.25) is 0 Å². The van der Waals surface area contributed by atoms with Crippen LogP contribution in [0.1, 0.15) is 24.5 Å². The van der Waals surface area contributed by atoms with Gasteiger partial charge in [-0.05, 0) is 30.5 Å². The fourth-order valence-corrected chi connectivity index (χ4v) is 2.99. The Hall–Kier alpha value is -0.490. The molecule has 1 aliphatic rings. The minimum atomic E-state index is -0.707. The monoisotopic (exact) mass is 317 g/mol. The van der Waals surface area contributed by atoms with Crippen molar-refractivity contribution in [2.75, 3.05) is 19.8 Å². The minimum absolute atomic E-state index is 0.327. The van der Waals surface area contributed by atoms with Gasteiger partial charge in [-0.2, -0.15) is 0 Å². The molecule has 0 radical (unpaired) electrons. The van der Waals surface area contributed by atoms with Gasteiger partial charge in [0.05, 0.1) is 6.10 Å². The first-order chi connectivity index (χ1) is 8.59. The van der Waals surface area contributed by atoms with Gasteiger partial charge in [-0.3, -0.25) is 0 Å². The molecule has 2 rings (SSSR count). The Morgan fingerprint density at radius 2 is 2.11 bits per heavy atom. The average Bonchev–Trinajstić information content (AvgIpc) is 2.39. The van der Waals surface area contributed by atoms with Crippen molar-refractivity contribution in [3.8, 4) is 0 Å². The van der Waals surface area contributed by atoms with Crippen molar-refractivity contribution in [1.29, 1.82) is 0 Å². The molecular formula is C13H17BrFNO2. The van der Waals surface area contributed by atoms with Gasteiger partial charge in [0, 0.05) is 29.6 Å². The number of halogens is 2. The second-order valence-electron chi connectivity index (χ2n) is 4.75. The molecule has 18 heavy (non-hydrogen) atoms. The largest absolute Gasteiger partial charge is 0.388 e. The van der Waals surface area contributed by atoms with Crippen LogP contribution in [0.4, 0.5) is 4.39 Å². The fourth-order valence-electron chi connectivity index (χ4n) is 2.42. The second kappa shape index (κ2) is 5.65. The van der Waals surface area contributed by atoms with E-state index in [2.05, 4.69) is 15.9 Å². The van der Waals surface area contributed by atoms with E-state index in [0.717, 1.165) is 0 Å². The number of nitrogens with two attached hydrogens (primary N) is 1. The highest BCUT2D eigenvalue weighted by Gasteiger charge is 2.39. The molecule has 3 nitrogen and oxygen atoms in total. The predicted octanol–water partition coefficient (Wildman–Crippen LogP) is 2.38. The van der Waals surface area contributed by atoms with Crippen LogP contribution in [0.5, 0.6) is 0 Å². The Bertz CT molecular complexity index is 421. The molecule has 100 valence electrons. The molecule has 0 aromatic heterocycles. The lowest BCUT2D eigenvalue weighted by Gasteiger charge is -2.40. The number of benzene rings is 1. The first kappa shape index (κ1) is 13.9. The average molecular weight is 318 g/mol. The maximum absolute atomic E-state index is 13.1. The Balaban J connectivity index is 2.30. The Morgan fingerprint density at radius 1 is 1.44 bits per heavy atom. The smallest absolute Gasteiger partial charge is 0.124 e. The van der Waals surface area contributed by atoms with Crippen molar-refractivity contribution in [3.05, 3.63) is 34.1 Å². The van der Waals surface area contributed by atoms with E-state index < -0.39 is 6.10 Å². The maximum Gasteiger partial charge on any atom is 0.124 e. The standard InChI is InChI=1S/C13H17BrFNO2/c14-11-7-9(15)1-2-10(11)12(17)13(8-16)3-5-18-6-4-13/h1-2,7,12,17H,3-6,8,16H2. The molecule has 0 spiro atoms. The van der Waals surface area contributed by atoms with Crippen molar-refractivity contribution < 1.29 is 14.2 Å². The summed E-state index contributed by atoms with van der Waals surface area (Å²) in [6, 6.07) is 4.33. The van der Waals surface area contributed by atoms with E-state index in [1.807, 2.05) is 0 Å². The molecule has 1 aromatic carbocycles. The number of aliphatic hydroxyl groups is 1. The summed E-state index contributed by atoms with van der Waals surface area (Å²) in [6.07, 6.45) is 0.726. The number of ether oxygens (including phenoxy) is 1. The molecule has 0 saturated carbocycles. The van der Waals surface area contributed by atoms with Gasteiger partial charge in [0.25, 0.3) is 0 Å². The van der Waals surface area contributed by atoms with Crippen molar-refractivity contribution in [3.63, 3.8) is 0 Å². The molecule has 1 unspecified atom stereocenters. The third kappa shape index (κ3) is 2.59. The van der Waals surface area contributed by atoms with Crippen LogP contribution < -0.4 is 5.73 Å². The highest BCUT2D eigenvalue weighted by Crippen LogP contribution is 2.43. The maximum atomic E-state index is 13.1. The highest BCUT2D eigenvalue weighted by molar-refractivity contribution is 9.10. The molecule has 1 atom stereocenters. The Morgan fingerprint density at radius 3 is 2.67 bits per heavy atom. The van der Waals surface area contributed by atoms with Crippen LogP contribution in [0, 0.1) is 11.2 Å². The molecule has 3 N–H and O–H groups in total. The summed E-state index contributed by atoms with van der Waals surface area (Å²) in [6.45, 7) is 1.60. The first-order valence-electron chi connectivity index (χ1n) is 6.00. The van der Waals surface area contributed by atoms with Gasteiger partial charge in [-0.1, -0.05) is 22.0 Å². The molecule has 1 saturated heterocycles. The van der Waals surface area contributed by atoms with Gasteiger partial charge < -0.3 is 15.6 Å². The van der Waals surface area contributed by atoms with E-state index in [-0.39, 0.29) is 11.2 Å². The molecule has 0 bridgehead atoms. The van der Waals surface area contributed by atoms with E-state index in [1.165, 1.54) is 12.1 Å². The van der Waals surface area contributed by atoms with Crippen LogP contribution in [-0.4, -0.2) is 24.9 Å². The Labute approximate surface area is 114 Å². The van der Waals surface area contributed by atoms with Crippen LogP contribution >= 0.6 is 15.9 Å². The Kier molecular flexibility index (Phi) is 4.37. The van der Waals surface area contributed by atoms with Crippen LogP contribution in [0.25, 0.3) is 0 Å². The van der Waals surface area contributed by atoms with Crippen LogP contribution in [0.3, 0.4) is 0 Å². The van der Waals surface area contributed by atoms with Gasteiger partial charge >= 0.3 is 0 Å². The summed E-state index contributed by atoms with van der Waals surface area (Å²) in [5.41, 5.74) is 6.16. The highest BCUT2D eigenvalue weighted by atomic mass is 79.9. The number of rotatable bonds is 3. The first-order valence-corrected chi connectivity index (χ1v) is 6.79.